The van der Waals surface area contributed by atoms with Gasteiger partial charge in [0.05, 0.1) is 12.7 Å². The van der Waals surface area contributed by atoms with Gasteiger partial charge < -0.3 is 14.5 Å². The molecule has 0 saturated heterocycles. The number of furan rings is 1. The van der Waals surface area contributed by atoms with Gasteiger partial charge in [0.25, 0.3) is 0 Å². The topological polar surface area (TPSA) is 68.5 Å². The van der Waals surface area contributed by atoms with Crippen molar-refractivity contribution in [2.45, 2.75) is 26.4 Å². The summed E-state index contributed by atoms with van der Waals surface area (Å²) in [4.78, 5) is 21.7. The van der Waals surface area contributed by atoms with Gasteiger partial charge in [-0.3, -0.25) is 9.59 Å². The lowest BCUT2D eigenvalue weighted by Crippen LogP contribution is -2.26. The standard InChI is InChI=1S/C12H17NO4/c1-10(14)8-12(15)13-5-3-6-16-9-11-4-2-7-17-11/h2,4,7H,3,5-6,8-9H2,1H3,(H,13,15). The number of hydrogen-bond donors (Lipinski definition) is 1. The quantitative estimate of drug-likeness (QED) is 0.548. The fraction of sp³-hybridized carbons (Fsp3) is 0.500. The molecule has 1 N–H and O–H groups in total. The third-order valence-corrected chi connectivity index (χ3v) is 2.02. The highest BCUT2D eigenvalue weighted by molar-refractivity contribution is 5.96. The van der Waals surface area contributed by atoms with Crippen molar-refractivity contribution in [3.05, 3.63) is 24.2 Å². The number of Topliss-reactive ketones (excluding diaryl/α,β-unsaturated/α-hetero) is 1. The summed E-state index contributed by atoms with van der Waals surface area (Å²) in [7, 11) is 0. The largest absolute Gasteiger partial charge is 0.467 e. The molecule has 0 aliphatic heterocycles. The SMILES string of the molecule is CC(=O)CC(=O)NCCCOCc1ccco1. The van der Waals surface area contributed by atoms with Crippen LogP contribution in [0.1, 0.15) is 25.5 Å². The molecule has 5 heteroatoms. The summed E-state index contributed by atoms with van der Waals surface area (Å²) in [5, 5.41) is 2.64. The molecule has 0 aliphatic carbocycles. The Morgan fingerprint density at radius 2 is 2.29 bits per heavy atom. The number of carbonyl (C=O) groups is 2. The number of rotatable bonds is 8. The Morgan fingerprint density at radius 1 is 1.47 bits per heavy atom. The highest BCUT2D eigenvalue weighted by Gasteiger charge is 2.03. The number of ketones is 1. The lowest BCUT2D eigenvalue weighted by molar-refractivity contribution is -0.127. The first-order chi connectivity index (χ1) is 8.18. The van der Waals surface area contributed by atoms with Crippen LogP contribution in [0.4, 0.5) is 0 Å². The van der Waals surface area contributed by atoms with Crippen molar-refractivity contribution in [3.8, 4) is 0 Å². The van der Waals surface area contributed by atoms with Gasteiger partial charge in [0.1, 0.15) is 18.2 Å². The van der Waals surface area contributed by atoms with Gasteiger partial charge in [0, 0.05) is 13.2 Å². The van der Waals surface area contributed by atoms with Crippen LogP contribution < -0.4 is 5.32 Å². The maximum Gasteiger partial charge on any atom is 0.227 e. The highest BCUT2D eigenvalue weighted by Crippen LogP contribution is 2.01. The van der Waals surface area contributed by atoms with Crippen molar-refractivity contribution < 1.29 is 18.7 Å². The van der Waals surface area contributed by atoms with Crippen LogP contribution in [0.3, 0.4) is 0 Å². The van der Waals surface area contributed by atoms with Crippen molar-refractivity contribution >= 4 is 11.7 Å². The lowest BCUT2D eigenvalue weighted by atomic mass is 10.3. The van der Waals surface area contributed by atoms with Crippen LogP contribution in [-0.4, -0.2) is 24.8 Å². The van der Waals surface area contributed by atoms with E-state index in [0.717, 1.165) is 5.76 Å². The zero-order chi connectivity index (χ0) is 12.5. The van der Waals surface area contributed by atoms with E-state index in [4.69, 9.17) is 9.15 Å². The molecule has 0 radical (unpaired) electrons. The maximum atomic E-state index is 11.1. The van der Waals surface area contributed by atoms with E-state index < -0.39 is 0 Å². The average Bonchev–Trinajstić information content (AvgIpc) is 2.75. The predicted octanol–water partition coefficient (Wildman–Crippen LogP) is 1.28. The zero-order valence-electron chi connectivity index (χ0n) is 9.90. The Balaban J connectivity index is 1.94. The summed E-state index contributed by atoms with van der Waals surface area (Å²) >= 11 is 0. The van der Waals surface area contributed by atoms with Crippen LogP contribution in [-0.2, 0) is 20.9 Å². The number of amides is 1. The minimum Gasteiger partial charge on any atom is -0.467 e. The number of carbonyl (C=O) groups excluding carboxylic acids is 2. The fourth-order valence-corrected chi connectivity index (χ4v) is 1.26. The fourth-order valence-electron chi connectivity index (χ4n) is 1.26. The minimum absolute atomic E-state index is 0.0484. The van der Waals surface area contributed by atoms with Crippen LogP contribution in [0.25, 0.3) is 0 Å². The van der Waals surface area contributed by atoms with Gasteiger partial charge in [-0.25, -0.2) is 0 Å². The van der Waals surface area contributed by atoms with Crippen LogP contribution in [0, 0.1) is 0 Å². The van der Waals surface area contributed by atoms with E-state index in [0.29, 0.717) is 26.2 Å². The summed E-state index contributed by atoms with van der Waals surface area (Å²) in [6.07, 6.45) is 2.26. The molecule has 0 unspecified atom stereocenters. The molecule has 5 nitrogen and oxygen atoms in total. The van der Waals surface area contributed by atoms with E-state index in [-0.39, 0.29) is 18.1 Å². The minimum atomic E-state index is -0.233. The highest BCUT2D eigenvalue weighted by atomic mass is 16.5. The molecular formula is C12H17NO4. The second-order valence-corrected chi connectivity index (χ2v) is 3.71. The summed E-state index contributed by atoms with van der Waals surface area (Å²) in [5.74, 6) is 0.422. The third kappa shape index (κ3) is 6.52. The molecule has 0 fully saturated rings. The number of ether oxygens (including phenoxy) is 1. The second-order valence-electron chi connectivity index (χ2n) is 3.71. The van der Waals surface area contributed by atoms with E-state index in [9.17, 15) is 9.59 Å². The Labute approximate surface area is 100 Å². The molecule has 1 amide bonds. The first-order valence-electron chi connectivity index (χ1n) is 5.54. The molecule has 0 bridgehead atoms. The molecule has 0 aromatic carbocycles. The summed E-state index contributed by atoms with van der Waals surface area (Å²) < 4.78 is 10.4. The predicted molar refractivity (Wildman–Crippen MR) is 61.3 cm³/mol. The maximum absolute atomic E-state index is 11.1. The van der Waals surface area contributed by atoms with Crippen molar-refractivity contribution in [2.75, 3.05) is 13.2 Å². The molecule has 0 aliphatic rings. The van der Waals surface area contributed by atoms with Gasteiger partial charge in [-0.05, 0) is 25.5 Å². The molecule has 1 rings (SSSR count). The van der Waals surface area contributed by atoms with Crippen LogP contribution in [0.15, 0.2) is 22.8 Å². The van der Waals surface area contributed by atoms with E-state index in [1.165, 1.54) is 6.92 Å². The zero-order valence-corrected chi connectivity index (χ0v) is 9.90. The molecule has 0 saturated carbocycles. The van der Waals surface area contributed by atoms with Crippen LogP contribution in [0.5, 0.6) is 0 Å². The molecule has 94 valence electrons. The Morgan fingerprint density at radius 3 is 2.94 bits per heavy atom. The first kappa shape index (κ1) is 13.4. The molecule has 1 aromatic rings. The van der Waals surface area contributed by atoms with Crippen LogP contribution >= 0.6 is 0 Å². The smallest absolute Gasteiger partial charge is 0.227 e. The molecular weight excluding hydrogens is 222 g/mol. The Hall–Kier alpha value is -1.62. The molecule has 1 heterocycles. The molecule has 0 atom stereocenters. The Kier molecular flexibility index (Phi) is 6.03. The van der Waals surface area contributed by atoms with Gasteiger partial charge in [0.15, 0.2) is 0 Å². The molecule has 17 heavy (non-hydrogen) atoms. The molecule has 0 spiro atoms. The second kappa shape index (κ2) is 7.62. The number of nitrogens with one attached hydrogen (secondary N) is 1. The average molecular weight is 239 g/mol. The van der Waals surface area contributed by atoms with Gasteiger partial charge in [-0.15, -0.1) is 0 Å². The van der Waals surface area contributed by atoms with Crippen molar-refractivity contribution in [1.82, 2.24) is 5.32 Å². The third-order valence-electron chi connectivity index (χ3n) is 2.02. The number of hydrogen-bond acceptors (Lipinski definition) is 4. The normalized spacial score (nSPS) is 10.2. The van der Waals surface area contributed by atoms with Crippen molar-refractivity contribution in [3.63, 3.8) is 0 Å². The van der Waals surface area contributed by atoms with E-state index in [1.54, 1.807) is 12.3 Å². The first-order valence-corrected chi connectivity index (χ1v) is 5.54. The van der Waals surface area contributed by atoms with E-state index in [2.05, 4.69) is 5.32 Å². The van der Waals surface area contributed by atoms with Crippen molar-refractivity contribution in [1.29, 1.82) is 0 Å². The van der Waals surface area contributed by atoms with Crippen LogP contribution in [0.2, 0.25) is 0 Å². The Bertz CT molecular complexity index is 345. The summed E-state index contributed by atoms with van der Waals surface area (Å²) in [5.41, 5.74) is 0. The lowest BCUT2D eigenvalue weighted by Gasteiger charge is -2.04. The molecule has 1 aromatic heterocycles. The van der Waals surface area contributed by atoms with Crippen molar-refractivity contribution in [2.24, 2.45) is 0 Å². The van der Waals surface area contributed by atoms with E-state index in [1.807, 2.05) is 6.07 Å². The van der Waals surface area contributed by atoms with Gasteiger partial charge in [-0.1, -0.05) is 0 Å². The summed E-state index contributed by atoms with van der Waals surface area (Å²) in [6, 6.07) is 3.65. The van der Waals surface area contributed by atoms with E-state index >= 15 is 0 Å². The summed E-state index contributed by atoms with van der Waals surface area (Å²) in [6.45, 7) is 2.89. The van der Waals surface area contributed by atoms with Gasteiger partial charge in [0.2, 0.25) is 5.91 Å². The van der Waals surface area contributed by atoms with Gasteiger partial charge in [-0.2, -0.15) is 0 Å². The van der Waals surface area contributed by atoms with Gasteiger partial charge >= 0.3 is 0 Å². The monoisotopic (exact) mass is 239 g/mol.